The largest absolute Gasteiger partial charge is 0.350 e. The quantitative estimate of drug-likeness (QED) is 0.632. The second kappa shape index (κ2) is 6.90. The number of halogens is 1. The fourth-order valence-corrected chi connectivity index (χ4v) is 3.99. The molecule has 3 rings (SSSR count). The number of sulfonamides is 1. The molecule has 0 aliphatic carbocycles. The summed E-state index contributed by atoms with van der Waals surface area (Å²) in [7, 11) is -3.55. The van der Waals surface area contributed by atoms with E-state index >= 15 is 0 Å². The van der Waals surface area contributed by atoms with E-state index in [2.05, 4.69) is 9.71 Å². The number of aromatic nitrogens is 1. The van der Waals surface area contributed by atoms with E-state index in [-0.39, 0.29) is 22.9 Å². The maximum atomic E-state index is 12.9. The number of ketones is 1. The zero-order valence-electron chi connectivity index (χ0n) is 13.5. The molecule has 0 bridgehead atoms. The molecule has 0 amide bonds. The summed E-state index contributed by atoms with van der Waals surface area (Å²) < 4.78 is 27.1. The molecule has 2 aromatic carbocycles. The molecule has 0 radical (unpaired) electrons. The predicted octanol–water partition coefficient (Wildman–Crippen LogP) is 4.20. The topological polar surface area (TPSA) is 79.0 Å². The number of hydrogen-bond acceptors (Lipinski definition) is 3. The first-order valence-electron chi connectivity index (χ1n) is 7.83. The first-order chi connectivity index (χ1) is 11.9. The summed E-state index contributed by atoms with van der Waals surface area (Å²) in [4.78, 5) is 15.9. The molecule has 1 aromatic heterocycles. The molecule has 3 aromatic rings. The van der Waals surface area contributed by atoms with Gasteiger partial charge in [-0.3, -0.25) is 9.52 Å². The van der Waals surface area contributed by atoms with Gasteiger partial charge in [0.2, 0.25) is 15.8 Å². The number of carbonyl (C=O) groups excluding carboxylic acids is 1. The molecular formula is C18H17ClN2O3S. The highest BCUT2D eigenvalue weighted by atomic mass is 35.5. The average molecular weight is 377 g/mol. The lowest BCUT2D eigenvalue weighted by molar-refractivity contribution is 0.103. The van der Waals surface area contributed by atoms with Gasteiger partial charge in [-0.15, -0.1) is 0 Å². The Hall–Kier alpha value is -2.31. The van der Waals surface area contributed by atoms with Crippen LogP contribution in [0.15, 0.2) is 48.5 Å². The van der Waals surface area contributed by atoms with Crippen LogP contribution >= 0.6 is 11.6 Å². The van der Waals surface area contributed by atoms with E-state index < -0.39 is 10.0 Å². The summed E-state index contributed by atoms with van der Waals surface area (Å²) in [5.74, 6) is -0.311. The van der Waals surface area contributed by atoms with Crippen molar-refractivity contribution in [2.75, 3.05) is 10.5 Å². The Morgan fingerprint density at radius 2 is 1.88 bits per heavy atom. The van der Waals surface area contributed by atoms with Crippen molar-refractivity contribution in [2.24, 2.45) is 0 Å². The van der Waals surface area contributed by atoms with E-state index in [1.807, 2.05) is 6.07 Å². The number of rotatable bonds is 6. The van der Waals surface area contributed by atoms with Crippen molar-refractivity contribution in [2.45, 2.75) is 13.3 Å². The first kappa shape index (κ1) is 17.5. The van der Waals surface area contributed by atoms with Gasteiger partial charge in [0.15, 0.2) is 0 Å². The molecule has 0 aliphatic heterocycles. The highest BCUT2D eigenvalue weighted by Gasteiger charge is 2.22. The Bertz CT molecular complexity index is 1030. The number of anilines is 1. The lowest BCUT2D eigenvalue weighted by Gasteiger charge is -2.08. The number of carbonyl (C=O) groups is 1. The minimum Gasteiger partial charge on any atom is -0.350 e. The summed E-state index contributed by atoms with van der Waals surface area (Å²) in [5, 5.41) is 1.10. The summed E-state index contributed by atoms with van der Waals surface area (Å²) in [5.41, 5.74) is 1.52. The number of H-pyrrole nitrogens is 1. The lowest BCUT2D eigenvalue weighted by Crippen LogP contribution is -2.18. The minimum atomic E-state index is -3.55. The molecule has 1 heterocycles. The number of hydrogen-bond donors (Lipinski definition) is 2. The van der Waals surface area contributed by atoms with Crippen LogP contribution in [0.2, 0.25) is 5.02 Å². The second-order valence-electron chi connectivity index (χ2n) is 5.68. The molecule has 0 saturated heterocycles. The number of benzene rings is 2. The SMILES string of the molecule is CCCS(=O)(=O)Nc1c(C(=O)c2ccccc2)[nH]c2cc(Cl)ccc12. The van der Waals surface area contributed by atoms with Crippen LogP contribution < -0.4 is 4.72 Å². The van der Waals surface area contributed by atoms with Gasteiger partial charge < -0.3 is 4.98 Å². The van der Waals surface area contributed by atoms with Gasteiger partial charge in [-0.25, -0.2) is 8.42 Å². The molecule has 5 nitrogen and oxygen atoms in total. The van der Waals surface area contributed by atoms with Gasteiger partial charge in [-0.1, -0.05) is 48.9 Å². The second-order valence-corrected chi connectivity index (χ2v) is 7.96. The molecule has 0 unspecified atom stereocenters. The van der Waals surface area contributed by atoms with Crippen molar-refractivity contribution in [3.05, 3.63) is 64.8 Å². The van der Waals surface area contributed by atoms with Crippen molar-refractivity contribution in [3.8, 4) is 0 Å². The molecule has 7 heteroatoms. The first-order valence-corrected chi connectivity index (χ1v) is 9.86. The molecule has 0 fully saturated rings. The van der Waals surface area contributed by atoms with Crippen LogP contribution in [0.3, 0.4) is 0 Å². The van der Waals surface area contributed by atoms with E-state index in [9.17, 15) is 13.2 Å². The zero-order chi connectivity index (χ0) is 18.0. The smallest absolute Gasteiger partial charge is 0.232 e. The molecule has 25 heavy (non-hydrogen) atoms. The van der Waals surface area contributed by atoms with E-state index in [0.29, 0.717) is 27.9 Å². The Balaban J connectivity index is 2.17. The highest BCUT2D eigenvalue weighted by Crippen LogP contribution is 2.32. The van der Waals surface area contributed by atoms with Crippen molar-refractivity contribution in [3.63, 3.8) is 0 Å². The maximum Gasteiger partial charge on any atom is 0.232 e. The lowest BCUT2D eigenvalue weighted by atomic mass is 10.1. The van der Waals surface area contributed by atoms with Gasteiger partial charge in [0, 0.05) is 21.5 Å². The van der Waals surface area contributed by atoms with E-state index in [1.165, 1.54) is 0 Å². The molecule has 2 N–H and O–H groups in total. The third-order valence-corrected chi connectivity index (χ3v) is 5.45. The van der Waals surface area contributed by atoms with Gasteiger partial charge in [0.25, 0.3) is 0 Å². The van der Waals surface area contributed by atoms with Crippen LogP contribution in [0, 0.1) is 0 Å². The van der Waals surface area contributed by atoms with Crippen LogP contribution in [0.4, 0.5) is 5.69 Å². The van der Waals surface area contributed by atoms with Gasteiger partial charge in [0.05, 0.1) is 11.4 Å². The van der Waals surface area contributed by atoms with Crippen LogP contribution in [-0.2, 0) is 10.0 Å². The third-order valence-electron chi connectivity index (χ3n) is 3.75. The van der Waals surface area contributed by atoms with E-state index in [1.54, 1.807) is 49.4 Å². The van der Waals surface area contributed by atoms with Gasteiger partial charge in [-0.2, -0.15) is 0 Å². The minimum absolute atomic E-state index is 0.0216. The highest BCUT2D eigenvalue weighted by molar-refractivity contribution is 7.92. The average Bonchev–Trinajstić information content (AvgIpc) is 2.91. The third kappa shape index (κ3) is 3.70. The summed E-state index contributed by atoms with van der Waals surface area (Å²) >= 11 is 6.02. The van der Waals surface area contributed by atoms with Gasteiger partial charge >= 0.3 is 0 Å². The van der Waals surface area contributed by atoms with E-state index in [4.69, 9.17) is 11.6 Å². The van der Waals surface area contributed by atoms with Crippen LogP contribution in [0.1, 0.15) is 29.4 Å². The van der Waals surface area contributed by atoms with Crippen molar-refractivity contribution in [1.29, 1.82) is 0 Å². The van der Waals surface area contributed by atoms with Crippen LogP contribution in [0.5, 0.6) is 0 Å². The Kier molecular flexibility index (Phi) is 4.83. The molecule has 0 spiro atoms. The summed E-state index contributed by atoms with van der Waals surface area (Å²) in [6.07, 6.45) is 0.478. The van der Waals surface area contributed by atoms with Crippen molar-refractivity contribution >= 4 is 44.0 Å². The predicted molar refractivity (Wildman–Crippen MR) is 101 cm³/mol. The molecule has 0 aliphatic rings. The summed E-state index contributed by atoms with van der Waals surface area (Å²) in [6, 6.07) is 13.7. The number of nitrogens with one attached hydrogen (secondary N) is 2. The van der Waals surface area contributed by atoms with Gasteiger partial charge in [0.1, 0.15) is 5.69 Å². The van der Waals surface area contributed by atoms with Crippen LogP contribution in [-0.4, -0.2) is 24.9 Å². The number of aromatic amines is 1. The molecule has 0 atom stereocenters. The Morgan fingerprint density at radius 1 is 1.16 bits per heavy atom. The molecule has 130 valence electrons. The van der Waals surface area contributed by atoms with Crippen molar-refractivity contribution < 1.29 is 13.2 Å². The Labute approximate surface area is 151 Å². The summed E-state index contributed by atoms with van der Waals surface area (Å²) in [6.45, 7) is 1.78. The number of fused-ring (bicyclic) bond motifs is 1. The van der Waals surface area contributed by atoms with E-state index in [0.717, 1.165) is 0 Å². The molecule has 0 saturated carbocycles. The fraction of sp³-hybridized carbons (Fsp3) is 0.167. The zero-order valence-corrected chi connectivity index (χ0v) is 15.1. The fourth-order valence-electron chi connectivity index (χ4n) is 2.66. The monoisotopic (exact) mass is 376 g/mol. The normalized spacial score (nSPS) is 11.6. The van der Waals surface area contributed by atoms with Crippen molar-refractivity contribution in [1.82, 2.24) is 4.98 Å². The standard InChI is InChI=1S/C18H17ClN2O3S/c1-2-10-25(23,24)21-16-14-9-8-13(19)11-15(14)20-17(16)18(22)12-6-4-3-5-7-12/h3-9,11,20-21H,2,10H2,1H3. The van der Waals surface area contributed by atoms with Gasteiger partial charge in [-0.05, 0) is 24.6 Å². The maximum absolute atomic E-state index is 12.9. The molecular weight excluding hydrogens is 360 g/mol. The Morgan fingerprint density at radius 3 is 2.56 bits per heavy atom. The van der Waals surface area contributed by atoms with Crippen LogP contribution in [0.25, 0.3) is 10.9 Å².